The van der Waals surface area contributed by atoms with Gasteiger partial charge in [-0.3, -0.25) is 9.59 Å². The maximum Gasteiger partial charge on any atom is 0.259 e. The van der Waals surface area contributed by atoms with E-state index in [0.29, 0.717) is 31.7 Å². The molecule has 0 radical (unpaired) electrons. The van der Waals surface area contributed by atoms with Crippen molar-refractivity contribution < 1.29 is 24.2 Å². The predicted molar refractivity (Wildman–Crippen MR) is 114 cm³/mol. The summed E-state index contributed by atoms with van der Waals surface area (Å²) in [6.45, 7) is 1.78. The number of nitrogens with zero attached hydrogens (tertiary/aromatic N) is 2. The highest BCUT2D eigenvalue weighted by atomic mass is 16.5. The molecule has 1 aromatic carbocycles. The topological polar surface area (TPSA) is 79.3 Å². The van der Waals surface area contributed by atoms with Crippen molar-refractivity contribution in [2.45, 2.75) is 12.0 Å². The minimum absolute atomic E-state index is 0.0442. The summed E-state index contributed by atoms with van der Waals surface area (Å²) in [5, 5.41) is 10.2. The number of aliphatic hydroxyl groups is 1. The van der Waals surface area contributed by atoms with E-state index in [0.717, 1.165) is 29.1 Å². The molecule has 0 saturated carbocycles. The lowest BCUT2D eigenvalue weighted by molar-refractivity contribution is -0.201. The number of rotatable bonds is 3. The van der Waals surface area contributed by atoms with Crippen LogP contribution in [0.4, 0.5) is 0 Å². The van der Waals surface area contributed by atoms with E-state index in [-0.39, 0.29) is 25.0 Å². The van der Waals surface area contributed by atoms with Crippen LogP contribution in [-0.2, 0) is 14.3 Å². The van der Waals surface area contributed by atoms with Crippen LogP contribution in [0, 0.1) is 0 Å². The van der Waals surface area contributed by atoms with Gasteiger partial charge in [-0.2, -0.15) is 0 Å². The molecule has 5 rings (SSSR count). The summed E-state index contributed by atoms with van der Waals surface area (Å²) in [5.74, 6) is 1.25. The second kappa shape index (κ2) is 7.83. The molecule has 3 aliphatic heterocycles. The number of hydrogen-bond donors (Lipinski definition) is 1. The molecule has 1 aliphatic carbocycles. The maximum absolute atomic E-state index is 12.9. The third-order valence-electron chi connectivity index (χ3n) is 6.04. The molecule has 1 aromatic rings. The zero-order valence-electron chi connectivity index (χ0n) is 17.1. The van der Waals surface area contributed by atoms with E-state index >= 15 is 0 Å². The van der Waals surface area contributed by atoms with Crippen LogP contribution in [-0.4, -0.2) is 71.7 Å². The summed E-state index contributed by atoms with van der Waals surface area (Å²) in [5.41, 5.74) is 1.28. The first kappa shape index (κ1) is 19.8. The molecule has 0 unspecified atom stereocenters. The van der Waals surface area contributed by atoms with E-state index in [1.165, 1.54) is 0 Å². The van der Waals surface area contributed by atoms with Gasteiger partial charge in [0.1, 0.15) is 11.5 Å². The molecule has 2 amide bonds. The minimum atomic E-state index is -1.39. The van der Waals surface area contributed by atoms with Crippen LogP contribution >= 0.6 is 0 Å². The first-order valence-electron chi connectivity index (χ1n) is 10.5. The number of carbonyl (C=O) groups excluding carboxylic acids is 2. The molecule has 7 nitrogen and oxygen atoms in total. The summed E-state index contributed by atoms with van der Waals surface area (Å²) < 4.78 is 11.0. The lowest BCUT2D eigenvalue weighted by Crippen LogP contribution is -2.64. The Balaban J connectivity index is 1.21. The van der Waals surface area contributed by atoms with Gasteiger partial charge in [-0.15, -0.1) is 0 Å². The molecule has 0 bridgehead atoms. The quantitative estimate of drug-likeness (QED) is 0.808. The van der Waals surface area contributed by atoms with Crippen molar-refractivity contribution >= 4 is 17.6 Å². The first-order chi connectivity index (χ1) is 15.0. The normalized spacial score (nSPS) is 21.8. The van der Waals surface area contributed by atoms with Gasteiger partial charge < -0.3 is 24.4 Å². The zero-order chi connectivity index (χ0) is 21.4. The summed E-state index contributed by atoms with van der Waals surface area (Å²) >= 11 is 0. The molecule has 2 fully saturated rings. The molecule has 2 saturated heterocycles. The highest BCUT2D eigenvalue weighted by Gasteiger charge is 2.46. The van der Waals surface area contributed by atoms with Crippen LogP contribution in [0.5, 0.6) is 0 Å². The summed E-state index contributed by atoms with van der Waals surface area (Å²) in [6.07, 6.45) is 10.9. The van der Waals surface area contributed by atoms with E-state index in [2.05, 4.69) is 12.2 Å². The average Bonchev–Trinajstić information content (AvgIpc) is 2.81. The largest absolute Gasteiger partial charge is 0.456 e. The van der Waals surface area contributed by atoms with Gasteiger partial charge >= 0.3 is 0 Å². The summed E-state index contributed by atoms with van der Waals surface area (Å²) in [6, 6.07) is 7.40. The van der Waals surface area contributed by atoms with Gasteiger partial charge in [-0.1, -0.05) is 30.4 Å². The van der Waals surface area contributed by atoms with Crippen LogP contribution in [0.2, 0.25) is 0 Å². The van der Waals surface area contributed by atoms with Gasteiger partial charge in [0.05, 0.1) is 13.2 Å². The molecule has 0 aromatic heterocycles. The SMILES string of the molecule is O=C(c1ccc(C2=CC=C3CC=CC=C3O2)cc1)N1CCN(C(=O)C2(O)COC2)CC1. The highest BCUT2D eigenvalue weighted by molar-refractivity contribution is 5.95. The summed E-state index contributed by atoms with van der Waals surface area (Å²) in [7, 11) is 0. The smallest absolute Gasteiger partial charge is 0.259 e. The van der Waals surface area contributed by atoms with E-state index in [1.807, 2.05) is 42.5 Å². The van der Waals surface area contributed by atoms with Crippen LogP contribution in [0.25, 0.3) is 5.76 Å². The molecule has 1 N–H and O–H groups in total. The number of carbonyl (C=O) groups is 2. The fourth-order valence-electron chi connectivity index (χ4n) is 4.08. The molecular weight excluding hydrogens is 396 g/mol. The highest BCUT2D eigenvalue weighted by Crippen LogP contribution is 2.31. The van der Waals surface area contributed by atoms with E-state index in [4.69, 9.17) is 9.47 Å². The van der Waals surface area contributed by atoms with Gasteiger partial charge in [0.2, 0.25) is 0 Å². The second-order valence-electron chi connectivity index (χ2n) is 8.17. The van der Waals surface area contributed by atoms with Crippen molar-refractivity contribution in [1.82, 2.24) is 9.80 Å². The van der Waals surface area contributed by atoms with Crippen molar-refractivity contribution in [1.29, 1.82) is 0 Å². The number of benzene rings is 1. The van der Waals surface area contributed by atoms with Crippen LogP contribution in [0.15, 0.2) is 66.0 Å². The van der Waals surface area contributed by atoms with Gasteiger partial charge in [0.15, 0.2) is 5.60 Å². The Labute approximate surface area is 180 Å². The predicted octanol–water partition coefficient (Wildman–Crippen LogP) is 1.87. The van der Waals surface area contributed by atoms with Crippen LogP contribution in [0.3, 0.4) is 0 Å². The second-order valence-corrected chi connectivity index (χ2v) is 8.17. The molecule has 0 spiro atoms. The Bertz CT molecular complexity index is 1020. The molecule has 160 valence electrons. The van der Waals surface area contributed by atoms with Gasteiger partial charge in [-0.05, 0) is 36.3 Å². The Morgan fingerprint density at radius 3 is 2.29 bits per heavy atom. The van der Waals surface area contributed by atoms with Crippen molar-refractivity contribution in [2.75, 3.05) is 39.4 Å². The zero-order valence-corrected chi connectivity index (χ0v) is 17.1. The van der Waals surface area contributed by atoms with Crippen molar-refractivity contribution in [3.63, 3.8) is 0 Å². The van der Waals surface area contributed by atoms with Crippen LogP contribution < -0.4 is 0 Å². The van der Waals surface area contributed by atoms with Gasteiger partial charge in [-0.25, -0.2) is 0 Å². The number of ether oxygens (including phenoxy) is 2. The van der Waals surface area contributed by atoms with Crippen LogP contribution in [0.1, 0.15) is 22.3 Å². The van der Waals surface area contributed by atoms with Crippen molar-refractivity contribution in [3.05, 3.63) is 77.1 Å². The average molecular weight is 420 g/mol. The molecule has 0 atom stereocenters. The third-order valence-corrected chi connectivity index (χ3v) is 6.04. The monoisotopic (exact) mass is 420 g/mol. The van der Waals surface area contributed by atoms with Crippen molar-refractivity contribution in [3.8, 4) is 0 Å². The number of amides is 2. The molecule has 7 heteroatoms. The summed E-state index contributed by atoms with van der Waals surface area (Å²) in [4.78, 5) is 28.6. The number of fused-ring (bicyclic) bond motifs is 1. The molecular formula is C24H24N2O5. The number of allylic oxidation sites excluding steroid dienone is 6. The molecule has 3 heterocycles. The Hall–Kier alpha value is -3.16. The molecule has 31 heavy (non-hydrogen) atoms. The van der Waals surface area contributed by atoms with E-state index < -0.39 is 5.60 Å². The van der Waals surface area contributed by atoms with E-state index in [1.54, 1.807) is 9.80 Å². The lowest BCUT2D eigenvalue weighted by Gasteiger charge is -2.42. The van der Waals surface area contributed by atoms with Gasteiger partial charge in [0.25, 0.3) is 11.8 Å². The number of hydrogen-bond acceptors (Lipinski definition) is 5. The van der Waals surface area contributed by atoms with E-state index in [9.17, 15) is 14.7 Å². The lowest BCUT2D eigenvalue weighted by atomic mass is 10.00. The third kappa shape index (κ3) is 3.71. The molecule has 4 aliphatic rings. The standard InChI is InChI=1S/C24H24N2O5/c27-22(25-11-13-26(14-12-25)23(28)24(29)15-30-16-24)19-7-5-18(6-8-19)21-10-9-17-3-1-2-4-20(17)31-21/h1-2,4-10,29H,3,11-16H2. The Morgan fingerprint density at radius 1 is 0.903 bits per heavy atom. The number of piperazine rings is 1. The Morgan fingerprint density at radius 2 is 1.61 bits per heavy atom. The maximum atomic E-state index is 12.9. The minimum Gasteiger partial charge on any atom is -0.456 e. The van der Waals surface area contributed by atoms with Crippen molar-refractivity contribution in [2.24, 2.45) is 0 Å². The Kier molecular flexibility index (Phi) is 5.00. The van der Waals surface area contributed by atoms with Gasteiger partial charge in [0, 0.05) is 37.3 Å². The first-order valence-corrected chi connectivity index (χ1v) is 10.5. The fraction of sp³-hybridized carbons (Fsp3) is 0.333. The fourth-order valence-corrected chi connectivity index (χ4v) is 4.08.